The van der Waals surface area contributed by atoms with Crippen LogP contribution in [0.25, 0.3) is 0 Å². The van der Waals surface area contributed by atoms with Crippen molar-refractivity contribution in [1.29, 1.82) is 0 Å². The first-order valence-electron chi connectivity index (χ1n) is 8.47. The lowest BCUT2D eigenvalue weighted by Crippen LogP contribution is -2.38. The normalized spacial score (nSPS) is 21.3. The van der Waals surface area contributed by atoms with Crippen molar-refractivity contribution in [2.75, 3.05) is 0 Å². The zero-order valence-electron chi connectivity index (χ0n) is 13.8. The first-order valence-corrected chi connectivity index (χ1v) is 11.4. The van der Waals surface area contributed by atoms with E-state index in [2.05, 4.69) is 0 Å². The molecule has 0 amide bonds. The molecule has 2 aliphatic rings. The summed E-state index contributed by atoms with van der Waals surface area (Å²) in [5.74, 6) is 0. The summed E-state index contributed by atoms with van der Waals surface area (Å²) in [6.45, 7) is 0. The summed E-state index contributed by atoms with van der Waals surface area (Å²) in [5.41, 5.74) is -0.643. The van der Waals surface area contributed by atoms with Crippen molar-refractivity contribution in [2.45, 2.75) is 46.0 Å². The minimum Gasteiger partial charge on any atom is -0.222 e. The molecule has 2 aromatic carbocycles. The van der Waals surface area contributed by atoms with Crippen LogP contribution in [0, 0.1) is 5.41 Å². The fourth-order valence-corrected chi connectivity index (χ4v) is 10.5. The molecule has 0 aromatic heterocycles. The summed E-state index contributed by atoms with van der Waals surface area (Å²) in [7, 11) is -8.03. The summed E-state index contributed by atoms with van der Waals surface area (Å²) in [6, 6.07) is 16.0. The van der Waals surface area contributed by atoms with Crippen molar-refractivity contribution >= 4 is 19.7 Å². The van der Waals surface area contributed by atoms with E-state index in [1.54, 1.807) is 36.4 Å². The van der Waals surface area contributed by atoms with E-state index >= 15 is 0 Å². The monoisotopic (exact) mass is 376 g/mol. The first kappa shape index (κ1) is 16.8. The molecular weight excluding hydrogens is 356 g/mol. The van der Waals surface area contributed by atoms with Crippen molar-refractivity contribution in [1.82, 2.24) is 0 Å². The van der Waals surface area contributed by atoms with E-state index in [1.807, 2.05) is 0 Å². The Morgan fingerprint density at radius 2 is 1.04 bits per heavy atom. The molecule has 25 heavy (non-hydrogen) atoms. The van der Waals surface area contributed by atoms with E-state index in [0.29, 0.717) is 12.8 Å². The Hall–Kier alpha value is -1.66. The van der Waals surface area contributed by atoms with Crippen LogP contribution in [0.1, 0.15) is 32.1 Å². The van der Waals surface area contributed by atoms with Gasteiger partial charge in [-0.3, -0.25) is 0 Å². The second-order valence-electron chi connectivity index (χ2n) is 7.05. The van der Waals surface area contributed by atoms with Gasteiger partial charge in [0, 0.05) is 5.41 Å². The van der Waals surface area contributed by atoms with Crippen molar-refractivity contribution in [3.05, 3.63) is 60.7 Å². The Labute approximate surface area is 148 Å². The van der Waals surface area contributed by atoms with Crippen molar-refractivity contribution in [3.63, 3.8) is 0 Å². The molecule has 4 nitrogen and oxygen atoms in total. The van der Waals surface area contributed by atoms with Gasteiger partial charge < -0.3 is 0 Å². The minimum atomic E-state index is -4.01. The van der Waals surface area contributed by atoms with Gasteiger partial charge in [0.05, 0.1) is 9.79 Å². The van der Waals surface area contributed by atoms with Crippen LogP contribution in [-0.2, 0) is 19.7 Å². The van der Waals surface area contributed by atoms with E-state index in [1.165, 1.54) is 24.3 Å². The molecule has 0 heterocycles. The van der Waals surface area contributed by atoms with Gasteiger partial charge in [-0.1, -0.05) is 49.2 Å². The lowest BCUT2D eigenvalue weighted by Gasteiger charge is -2.23. The molecule has 0 bridgehead atoms. The Bertz CT molecular complexity index is 918. The quantitative estimate of drug-likeness (QED) is 0.818. The summed E-state index contributed by atoms with van der Waals surface area (Å²) >= 11 is 0. The summed E-state index contributed by atoms with van der Waals surface area (Å²) in [4.78, 5) is 0.191. The third-order valence-electron chi connectivity index (χ3n) is 5.79. The van der Waals surface area contributed by atoms with Gasteiger partial charge in [-0.25, -0.2) is 16.8 Å². The van der Waals surface area contributed by atoms with Gasteiger partial charge in [0.15, 0.2) is 23.8 Å². The highest BCUT2D eigenvalue weighted by atomic mass is 32.3. The second kappa shape index (κ2) is 5.42. The van der Waals surface area contributed by atoms with Crippen LogP contribution in [0.5, 0.6) is 0 Å². The van der Waals surface area contributed by atoms with Gasteiger partial charge in [0.2, 0.25) is 0 Å². The van der Waals surface area contributed by atoms with Crippen LogP contribution in [0.3, 0.4) is 0 Å². The van der Waals surface area contributed by atoms with Crippen LogP contribution in [0.15, 0.2) is 70.5 Å². The zero-order chi connectivity index (χ0) is 17.8. The standard InChI is InChI=1S/C19H20O4S2/c20-24(21,16-9-3-1-4-10-16)19(15-18(19)13-7-8-14-18)25(22,23)17-11-5-2-6-12-17/h1-6,9-12H,7-8,13-15H2. The van der Waals surface area contributed by atoms with Crippen LogP contribution in [0.4, 0.5) is 0 Å². The summed E-state index contributed by atoms with van der Waals surface area (Å²) in [6.07, 6.45) is 3.29. The molecule has 4 rings (SSSR count). The molecule has 0 unspecified atom stereocenters. The lowest BCUT2D eigenvalue weighted by atomic mass is 10.1. The molecule has 0 N–H and O–H groups in total. The number of sulfone groups is 2. The van der Waals surface area contributed by atoms with Gasteiger partial charge >= 0.3 is 0 Å². The fourth-order valence-electron chi connectivity index (χ4n) is 4.50. The predicted molar refractivity (Wildman–Crippen MR) is 95.5 cm³/mol. The molecule has 0 saturated heterocycles. The Balaban J connectivity index is 1.95. The van der Waals surface area contributed by atoms with Crippen LogP contribution < -0.4 is 0 Å². The first-order chi connectivity index (χ1) is 11.9. The maximum atomic E-state index is 13.5. The highest BCUT2D eigenvalue weighted by molar-refractivity contribution is 8.11. The second-order valence-corrected chi connectivity index (χ2v) is 11.7. The third-order valence-corrected chi connectivity index (χ3v) is 11.8. The van der Waals surface area contributed by atoms with E-state index in [9.17, 15) is 16.8 Å². The third kappa shape index (κ3) is 2.10. The van der Waals surface area contributed by atoms with E-state index in [0.717, 1.165) is 12.8 Å². The number of benzene rings is 2. The number of hydrogen-bond acceptors (Lipinski definition) is 4. The molecule has 0 aliphatic heterocycles. The molecule has 0 atom stereocenters. The van der Waals surface area contributed by atoms with E-state index < -0.39 is 29.2 Å². The lowest BCUT2D eigenvalue weighted by molar-refractivity contribution is 0.496. The molecule has 2 saturated carbocycles. The number of hydrogen-bond donors (Lipinski definition) is 0. The summed E-state index contributed by atoms with van der Waals surface area (Å²) in [5, 5.41) is 0. The maximum Gasteiger partial charge on any atom is 0.199 e. The number of rotatable bonds is 4. The SMILES string of the molecule is O=S(=O)(c1ccccc1)C1(S(=O)(=O)c2ccccc2)CC12CCCC2. The van der Waals surface area contributed by atoms with Crippen molar-refractivity contribution in [3.8, 4) is 0 Å². The van der Waals surface area contributed by atoms with Crippen LogP contribution in [0.2, 0.25) is 0 Å². The topological polar surface area (TPSA) is 68.3 Å². The van der Waals surface area contributed by atoms with Gasteiger partial charge in [-0.15, -0.1) is 0 Å². The fraction of sp³-hybridized carbons (Fsp3) is 0.368. The Kier molecular flexibility index (Phi) is 3.64. The molecule has 2 aliphatic carbocycles. The Morgan fingerprint density at radius 1 is 0.640 bits per heavy atom. The minimum absolute atomic E-state index is 0.0956. The largest absolute Gasteiger partial charge is 0.222 e. The van der Waals surface area contributed by atoms with Crippen LogP contribution in [-0.4, -0.2) is 20.9 Å². The molecule has 6 heteroatoms. The Morgan fingerprint density at radius 3 is 1.44 bits per heavy atom. The van der Waals surface area contributed by atoms with Crippen LogP contribution >= 0.6 is 0 Å². The van der Waals surface area contributed by atoms with Gasteiger partial charge in [0.1, 0.15) is 0 Å². The molecule has 0 radical (unpaired) electrons. The average Bonchev–Trinajstić information content (AvgIpc) is 3.08. The smallest absolute Gasteiger partial charge is 0.199 e. The molecular formula is C19H20O4S2. The molecule has 132 valence electrons. The van der Waals surface area contributed by atoms with Gasteiger partial charge in [-0.2, -0.15) is 0 Å². The van der Waals surface area contributed by atoms with Gasteiger partial charge in [-0.05, 0) is 43.5 Å². The molecule has 2 fully saturated rings. The average molecular weight is 376 g/mol. The molecule has 2 aromatic rings. The van der Waals surface area contributed by atoms with Crippen molar-refractivity contribution < 1.29 is 16.8 Å². The highest BCUT2D eigenvalue weighted by Crippen LogP contribution is 2.73. The van der Waals surface area contributed by atoms with E-state index in [-0.39, 0.29) is 16.2 Å². The molecule has 1 spiro atoms. The maximum absolute atomic E-state index is 13.5. The van der Waals surface area contributed by atoms with Crippen molar-refractivity contribution in [2.24, 2.45) is 5.41 Å². The van der Waals surface area contributed by atoms with Gasteiger partial charge in [0.25, 0.3) is 0 Å². The van der Waals surface area contributed by atoms with E-state index in [4.69, 9.17) is 0 Å². The highest BCUT2D eigenvalue weighted by Gasteiger charge is 2.81. The zero-order valence-corrected chi connectivity index (χ0v) is 15.4. The summed E-state index contributed by atoms with van der Waals surface area (Å²) < 4.78 is 52.3. The predicted octanol–water partition coefficient (Wildman–Crippen LogP) is 3.59.